The Balaban J connectivity index is 1.91. The molecule has 0 aliphatic carbocycles. The number of halogens is 1. The maximum Gasteiger partial charge on any atom is 0.295 e. The number of amides is 1. The molecule has 1 N–H and O–H groups in total. The minimum atomic E-state index is -0.725. The van der Waals surface area contributed by atoms with Gasteiger partial charge in [0.2, 0.25) is 0 Å². The van der Waals surface area contributed by atoms with E-state index in [0.29, 0.717) is 40.7 Å². The van der Waals surface area contributed by atoms with E-state index in [1.54, 1.807) is 24.3 Å². The number of carbonyl (C=O) groups is 2. The monoisotopic (exact) mass is 452 g/mol. The number of aliphatic hydroxyl groups excluding tert-OH is 1. The normalized spacial score (nSPS) is 18.3. The van der Waals surface area contributed by atoms with E-state index in [2.05, 4.69) is 4.98 Å². The average molecular weight is 453 g/mol. The number of likely N-dealkylation sites (tertiary alicyclic amines) is 1. The molecule has 0 radical (unpaired) electrons. The maximum atomic E-state index is 13.1. The number of benzene rings is 1. The first-order valence-corrected chi connectivity index (χ1v) is 10.7. The van der Waals surface area contributed by atoms with E-state index in [0.717, 1.165) is 5.56 Å². The van der Waals surface area contributed by atoms with Gasteiger partial charge in [0.1, 0.15) is 11.3 Å². The molecule has 1 aromatic carbocycles. The Kier molecular flexibility index (Phi) is 5.79. The van der Waals surface area contributed by atoms with Crippen molar-refractivity contribution < 1.29 is 14.7 Å². The lowest BCUT2D eigenvalue weighted by Gasteiger charge is -2.26. The molecule has 1 atom stereocenters. The topological polar surface area (TPSA) is 78.2 Å². The van der Waals surface area contributed by atoms with Crippen molar-refractivity contribution in [3.05, 3.63) is 75.7 Å². The third-order valence-corrected chi connectivity index (χ3v) is 6.07. The van der Waals surface area contributed by atoms with Gasteiger partial charge in [0.25, 0.3) is 11.7 Å². The Bertz CT molecular complexity index is 1240. The summed E-state index contributed by atoms with van der Waals surface area (Å²) in [6.45, 7) is 4.67. The summed E-state index contributed by atoms with van der Waals surface area (Å²) in [6, 6.07) is 10.1. The molecule has 1 unspecified atom stereocenters. The lowest BCUT2D eigenvalue weighted by Crippen LogP contribution is -2.35. The van der Waals surface area contributed by atoms with Crippen LogP contribution in [0.15, 0.2) is 48.2 Å². The number of fused-ring (bicyclic) bond motifs is 1. The van der Waals surface area contributed by atoms with Crippen molar-refractivity contribution >= 4 is 34.7 Å². The van der Waals surface area contributed by atoms with Crippen LogP contribution in [0.2, 0.25) is 5.02 Å². The van der Waals surface area contributed by atoms with Crippen LogP contribution in [0.4, 0.5) is 0 Å². The highest BCUT2D eigenvalue weighted by Crippen LogP contribution is 2.40. The van der Waals surface area contributed by atoms with Gasteiger partial charge in [0.15, 0.2) is 5.76 Å². The molecule has 0 spiro atoms. The van der Waals surface area contributed by atoms with Crippen molar-refractivity contribution in [3.63, 3.8) is 0 Å². The second-order valence-electron chi connectivity index (χ2n) is 8.28. The quantitative estimate of drug-likeness (QED) is 0.363. The SMILES string of the molecule is Cc1cccn2c(C)c(C(O)=C3C(=O)C(=O)N(CCN(C)C)C3c3ccc(Cl)cc3)nc12. The molecule has 3 aromatic rings. The van der Waals surface area contributed by atoms with Crippen molar-refractivity contribution in [1.82, 2.24) is 19.2 Å². The predicted octanol–water partition coefficient (Wildman–Crippen LogP) is 3.59. The fourth-order valence-corrected chi connectivity index (χ4v) is 4.21. The fraction of sp³-hybridized carbons (Fsp3) is 0.292. The maximum absolute atomic E-state index is 13.1. The van der Waals surface area contributed by atoms with Crippen LogP contribution in [0, 0.1) is 13.8 Å². The van der Waals surface area contributed by atoms with Crippen molar-refractivity contribution in [2.75, 3.05) is 27.2 Å². The number of hydrogen-bond donors (Lipinski definition) is 1. The summed E-state index contributed by atoms with van der Waals surface area (Å²) in [4.78, 5) is 34.2. The highest BCUT2D eigenvalue weighted by atomic mass is 35.5. The van der Waals surface area contributed by atoms with Crippen LogP contribution < -0.4 is 0 Å². The third-order valence-electron chi connectivity index (χ3n) is 5.82. The number of pyridine rings is 1. The lowest BCUT2D eigenvalue weighted by atomic mass is 9.96. The summed E-state index contributed by atoms with van der Waals surface area (Å²) in [5, 5.41) is 11.9. The number of ketones is 1. The van der Waals surface area contributed by atoms with Crippen LogP contribution in [0.1, 0.15) is 28.6 Å². The minimum Gasteiger partial charge on any atom is -0.505 e. The summed E-state index contributed by atoms with van der Waals surface area (Å²) >= 11 is 6.06. The lowest BCUT2D eigenvalue weighted by molar-refractivity contribution is -0.140. The Morgan fingerprint density at radius 3 is 2.47 bits per heavy atom. The van der Waals surface area contributed by atoms with Crippen LogP contribution in [-0.2, 0) is 9.59 Å². The highest BCUT2D eigenvalue weighted by molar-refractivity contribution is 6.46. The number of aliphatic hydroxyl groups is 1. The first kappa shape index (κ1) is 22.0. The van der Waals surface area contributed by atoms with Crippen molar-refractivity contribution in [2.24, 2.45) is 0 Å². The zero-order valence-corrected chi connectivity index (χ0v) is 19.2. The molecule has 1 amide bonds. The van der Waals surface area contributed by atoms with Gasteiger partial charge in [-0.25, -0.2) is 4.98 Å². The van der Waals surface area contributed by atoms with Gasteiger partial charge in [0, 0.05) is 24.3 Å². The molecule has 0 bridgehead atoms. The first-order chi connectivity index (χ1) is 15.2. The highest BCUT2D eigenvalue weighted by Gasteiger charge is 2.46. The fourth-order valence-electron chi connectivity index (χ4n) is 4.08. The van der Waals surface area contributed by atoms with Crippen LogP contribution in [-0.4, -0.2) is 63.2 Å². The molecule has 32 heavy (non-hydrogen) atoms. The number of hydrogen-bond acceptors (Lipinski definition) is 5. The molecular weight excluding hydrogens is 428 g/mol. The zero-order valence-electron chi connectivity index (χ0n) is 18.5. The van der Waals surface area contributed by atoms with Gasteiger partial charge >= 0.3 is 0 Å². The van der Waals surface area contributed by atoms with Gasteiger partial charge in [-0.2, -0.15) is 0 Å². The van der Waals surface area contributed by atoms with E-state index in [-0.39, 0.29) is 11.3 Å². The molecule has 8 heteroatoms. The van der Waals surface area contributed by atoms with Crippen molar-refractivity contribution in [2.45, 2.75) is 19.9 Å². The number of aromatic nitrogens is 2. The Labute approximate surface area is 191 Å². The van der Waals surface area contributed by atoms with Crippen molar-refractivity contribution in [3.8, 4) is 0 Å². The van der Waals surface area contributed by atoms with Gasteiger partial charge in [-0.15, -0.1) is 0 Å². The van der Waals surface area contributed by atoms with E-state index < -0.39 is 17.7 Å². The summed E-state index contributed by atoms with van der Waals surface area (Å²) in [5.74, 6) is -1.61. The number of nitrogens with zero attached hydrogens (tertiary/aromatic N) is 4. The number of rotatable bonds is 5. The number of imidazole rings is 1. The van der Waals surface area contributed by atoms with Crippen LogP contribution in [0.3, 0.4) is 0 Å². The first-order valence-electron chi connectivity index (χ1n) is 10.3. The molecule has 7 nitrogen and oxygen atoms in total. The number of Topliss-reactive ketones (excluding diaryl/α,β-unsaturated/α-hetero) is 1. The van der Waals surface area contributed by atoms with Crippen molar-refractivity contribution in [1.29, 1.82) is 0 Å². The second-order valence-corrected chi connectivity index (χ2v) is 8.71. The molecule has 4 rings (SSSR count). The summed E-state index contributed by atoms with van der Waals surface area (Å²) in [7, 11) is 3.80. The van der Waals surface area contributed by atoms with Gasteiger partial charge in [0.05, 0.1) is 17.3 Å². The number of likely N-dealkylation sites (N-methyl/N-ethyl adjacent to an activating group) is 1. The van der Waals surface area contributed by atoms with Crippen LogP contribution >= 0.6 is 11.6 Å². The van der Waals surface area contributed by atoms with E-state index in [1.807, 2.05) is 55.6 Å². The smallest absolute Gasteiger partial charge is 0.295 e. The van der Waals surface area contributed by atoms with E-state index in [1.165, 1.54) is 4.90 Å². The standard InChI is InChI=1S/C24H25ClN4O3/c1-14-6-5-11-28-15(2)19(26-23(14)28)21(30)18-20(16-7-9-17(25)10-8-16)29(13-12-27(3)4)24(32)22(18)31/h5-11,20,30H,12-13H2,1-4H3. The van der Waals surface area contributed by atoms with Gasteiger partial charge in [-0.1, -0.05) is 29.8 Å². The molecule has 3 heterocycles. The van der Waals surface area contributed by atoms with E-state index in [4.69, 9.17) is 11.6 Å². The van der Waals surface area contributed by atoms with E-state index in [9.17, 15) is 14.7 Å². The Hall–Kier alpha value is -3.16. The predicted molar refractivity (Wildman–Crippen MR) is 124 cm³/mol. The molecule has 1 fully saturated rings. The van der Waals surface area contributed by atoms with Gasteiger partial charge in [-0.05, 0) is 57.3 Å². The third kappa shape index (κ3) is 3.67. The summed E-state index contributed by atoms with van der Waals surface area (Å²) in [6.07, 6.45) is 1.85. The van der Waals surface area contributed by atoms with E-state index >= 15 is 0 Å². The summed E-state index contributed by atoms with van der Waals surface area (Å²) < 4.78 is 1.86. The van der Waals surface area contributed by atoms with Crippen LogP contribution in [0.25, 0.3) is 11.4 Å². The Morgan fingerprint density at radius 1 is 1.16 bits per heavy atom. The average Bonchev–Trinajstić information content (AvgIpc) is 3.22. The largest absolute Gasteiger partial charge is 0.505 e. The minimum absolute atomic E-state index is 0.0419. The summed E-state index contributed by atoms with van der Waals surface area (Å²) in [5.41, 5.74) is 3.36. The molecule has 0 saturated carbocycles. The van der Waals surface area contributed by atoms with Crippen LogP contribution in [0.5, 0.6) is 0 Å². The Morgan fingerprint density at radius 2 is 1.84 bits per heavy atom. The van der Waals surface area contributed by atoms with Gasteiger partial charge < -0.3 is 19.3 Å². The molecule has 1 aliphatic rings. The molecular formula is C24H25ClN4O3. The molecule has 1 aliphatic heterocycles. The van der Waals surface area contributed by atoms with Gasteiger partial charge in [-0.3, -0.25) is 9.59 Å². The second kappa shape index (κ2) is 8.41. The molecule has 1 saturated heterocycles. The number of aryl methyl sites for hydroxylation is 2. The molecule has 2 aromatic heterocycles. The zero-order chi connectivity index (χ0) is 23.2. The number of carbonyl (C=O) groups excluding carboxylic acids is 2. The molecule has 166 valence electrons.